The van der Waals surface area contributed by atoms with Gasteiger partial charge in [0, 0.05) is 31.2 Å². The van der Waals surface area contributed by atoms with E-state index in [0.717, 1.165) is 55.5 Å². The molecule has 206 valence electrons. The molecule has 5 rings (SSSR count). The standard InChI is InChI=1S/C26H27F4N7O2/c1-14(2)37-19-11-15(10-17(27)22(19)39-23(24(29)30)25(37)38)21-18(28)13-33-26(35-21)34-20-5-4-16(12-32-20)36-8-3-6-31-7-9-36/h4-5,10-14,23-24,31H,3,6-9H2,1-2H3,(H,32,33,34,35). The minimum absolute atomic E-state index is 0.00885. The summed E-state index contributed by atoms with van der Waals surface area (Å²) >= 11 is 0. The van der Waals surface area contributed by atoms with E-state index in [9.17, 15) is 18.0 Å². The van der Waals surface area contributed by atoms with Crippen LogP contribution in [0.5, 0.6) is 5.75 Å². The largest absolute Gasteiger partial charge is 0.469 e. The molecular formula is C26H27F4N7O2. The molecule has 9 nitrogen and oxygen atoms in total. The van der Waals surface area contributed by atoms with Gasteiger partial charge in [-0.15, -0.1) is 0 Å². The van der Waals surface area contributed by atoms with Crippen molar-refractivity contribution >= 4 is 29.0 Å². The molecule has 13 heteroatoms. The molecule has 39 heavy (non-hydrogen) atoms. The van der Waals surface area contributed by atoms with Crippen molar-refractivity contribution in [2.24, 2.45) is 0 Å². The molecule has 0 spiro atoms. The molecule has 1 unspecified atom stereocenters. The van der Waals surface area contributed by atoms with Gasteiger partial charge in [-0.25, -0.2) is 32.5 Å². The van der Waals surface area contributed by atoms with Crippen molar-refractivity contribution in [1.29, 1.82) is 0 Å². The fourth-order valence-electron chi connectivity index (χ4n) is 4.63. The van der Waals surface area contributed by atoms with Crippen LogP contribution in [0.25, 0.3) is 11.3 Å². The van der Waals surface area contributed by atoms with Gasteiger partial charge in [0.05, 0.1) is 23.8 Å². The highest BCUT2D eigenvalue weighted by atomic mass is 19.3. The van der Waals surface area contributed by atoms with Crippen LogP contribution in [0.2, 0.25) is 0 Å². The Balaban J connectivity index is 1.43. The minimum Gasteiger partial charge on any atom is -0.469 e. The van der Waals surface area contributed by atoms with E-state index < -0.39 is 41.9 Å². The maximum Gasteiger partial charge on any atom is 0.283 e. The average molecular weight is 546 g/mol. The number of benzene rings is 1. The number of anilines is 4. The van der Waals surface area contributed by atoms with Crippen LogP contribution in [0.4, 0.5) is 40.7 Å². The summed E-state index contributed by atoms with van der Waals surface area (Å²) in [7, 11) is 0. The summed E-state index contributed by atoms with van der Waals surface area (Å²) in [6, 6.07) is 5.28. The van der Waals surface area contributed by atoms with Crippen LogP contribution in [0.15, 0.2) is 36.7 Å². The van der Waals surface area contributed by atoms with Crippen LogP contribution < -0.4 is 25.2 Å². The van der Waals surface area contributed by atoms with Crippen LogP contribution in [0.1, 0.15) is 20.3 Å². The molecule has 2 aliphatic rings. The molecular weight excluding hydrogens is 518 g/mol. The van der Waals surface area contributed by atoms with Gasteiger partial charge in [-0.1, -0.05) is 0 Å². The zero-order chi connectivity index (χ0) is 27.7. The number of halogens is 4. The van der Waals surface area contributed by atoms with E-state index in [4.69, 9.17) is 4.74 Å². The third-order valence-corrected chi connectivity index (χ3v) is 6.46. The molecule has 0 radical (unpaired) electrons. The van der Waals surface area contributed by atoms with Crippen LogP contribution in [0, 0.1) is 11.6 Å². The number of nitrogens with zero attached hydrogens (tertiary/aromatic N) is 5. The number of aromatic nitrogens is 3. The number of carbonyl (C=O) groups is 1. The fraction of sp³-hybridized carbons (Fsp3) is 0.385. The maximum absolute atomic E-state index is 15.1. The van der Waals surface area contributed by atoms with Gasteiger partial charge >= 0.3 is 0 Å². The van der Waals surface area contributed by atoms with E-state index in [2.05, 4.69) is 30.5 Å². The van der Waals surface area contributed by atoms with Crippen molar-refractivity contribution in [3.63, 3.8) is 0 Å². The van der Waals surface area contributed by atoms with E-state index >= 15 is 4.39 Å². The first-order chi connectivity index (χ1) is 18.7. The lowest BCUT2D eigenvalue weighted by Gasteiger charge is -2.36. The quantitative estimate of drug-likeness (QED) is 0.447. The first kappa shape index (κ1) is 26.6. The van der Waals surface area contributed by atoms with Gasteiger partial charge in [0.15, 0.2) is 17.4 Å². The zero-order valence-corrected chi connectivity index (χ0v) is 21.3. The van der Waals surface area contributed by atoms with Crippen molar-refractivity contribution in [2.45, 2.75) is 38.8 Å². The average Bonchev–Trinajstić information content (AvgIpc) is 3.19. The third-order valence-electron chi connectivity index (χ3n) is 6.46. The number of rotatable bonds is 6. The van der Waals surface area contributed by atoms with Gasteiger partial charge in [0.1, 0.15) is 11.5 Å². The van der Waals surface area contributed by atoms with Gasteiger partial charge in [-0.05, 0) is 51.1 Å². The summed E-state index contributed by atoms with van der Waals surface area (Å²) in [4.78, 5) is 28.5. The highest BCUT2D eigenvalue weighted by molar-refractivity contribution is 6.01. The Hall–Kier alpha value is -4.00. The number of pyridine rings is 1. The third kappa shape index (κ3) is 5.44. The van der Waals surface area contributed by atoms with Crippen molar-refractivity contribution in [2.75, 3.05) is 41.3 Å². The lowest BCUT2D eigenvalue weighted by molar-refractivity contribution is -0.133. The summed E-state index contributed by atoms with van der Waals surface area (Å²) in [6.07, 6.45) is -1.61. The minimum atomic E-state index is -3.15. The van der Waals surface area contributed by atoms with E-state index in [-0.39, 0.29) is 22.9 Å². The molecule has 1 fully saturated rings. The SMILES string of the molecule is CC(C)N1C(=O)C(C(F)F)Oc2c(F)cc(-c3nc(Nc4ccc(N5CCCNCC5)cn4)ncc3F)cc21. The molecule has 1 saturated heterocycles. The highest BCUT2D eigenvalue weighted by Crippen LogP contribution is 2.42. The maximum atomic E-state index is 15.1. The number of fused-ring (bicyclic) bond motifs is 1. The number of nitrogens with one attached hydrogen (secondary N) is 2. The Bertz CT molecular complexity index is 1350. The van der Waals surface area contributed by atoms with E-state index in [1.165, 1.54) is 6.07 Å². The van der Waals surface area contributed by atoms with Gasteiger partial charge in [0.25, 0.3) is 12.3 Å². The van der Waals surface area contributed by atoms with E-state index in [0.29, 0.717) is 5.82 Å². The number of alkyl halides is 2. The number of hydrogen-bond donors (Lipinski definition) is 2. The van der Waals surface area contributed by atoms with Crippen molar-refractivity contribution in [3.8, 4) is 17.0 Å². The van der Waals surface area contributed by atoms with Crippen LogP contribution >= 0.6 is 0 Å². The van der Waals surface area contributed by atoms with Crippen LogP contribution in [-0.2, 0) is 4.79 Å². The molecule has 1 amide bonds. The van der Waals surface area contributed by atoms with E-state index in [1.54, 1.807) is 26.1 Å². The number of ether oxygens (including phenoxy) is 1. The Kier molecular flexibility index (Phi) is 7.51. The van der Waals surface area contributed by atoms with Gasteiger partial charge in [-0.3, -0.25) is 4.79 Å². The normalized spacial score (nSPS) is 17.7. The predicted molar refractivity (Wildman–Crippen MR) is 138 cm³/mol. The first-order valence-corrected chi connectivity index (χ1v) is 12.6. The second kappa shape index (κ2) is 11.0. The number of amides is 1. The Morgan fingerprint density at radius 2 is 1.90 bits per heavy atom. The van der Waals surface area contributed by atoms with Crippen molar-refractivity contribution < 1.29 is 27.1 Å². The lowest BCUT2D eigenvalue weighted by atomic mass is 10.0. The lowest BCUT2D eigenvalue weighted by Crippen LogP contribution is -2.52. The Morgan fingerprint density at radius 1 is 1.08 bits per heavy atom. The molecule has 0 aliphatic carbocycles. The molecule has 1 atom stereocenters. The molecule has 3 aromatic rings. The molecule has 2 aliphatic heterocycles. The molecule has 2 aromatic heterocycles. The van der Waals surface area contributed by atoms with Crippen molar-refractivity contribution in [3.05, 3.63) is 48.3 Å². The summed E-state index contributed by atoms with van der Waals surface area (Å²) in [5, 5.41) is 6.27. The number of hydrogen-bond acceptors (Lipinski definition) is 8. The zero-order valence-electron chi connectivity index (χ0n) is 21.3. The van der Waals surface area contributed by atoms with Crippen LogP contribution in [-0.4, -0.2) is 65.6 Å². The molecule has 0 bridgehead atoms. The smallest absolute Gasteiger partial charge is 0.283 e. The Labute approximate surface area is 222 Å². The van der Waals surface area contributed by atoms with E-state index in [1.807, 2.05) is 6.07 Å². The summed E-state index contributed by atoms with van der Waals surface area (Å²) in [5.74, 6) is -2.96. The predicted octanol–water partition coefficient (Wildman–Crippen LogP) is 4.13. The van der Waals surface area contributed by atoms with Gasteiger partial charge < -0.3 is 25.2 Å². The molecule has 4 heterocycles. The van der Waals surface area contributed by atoms with Gasteiger partial charge in [0.2, 0.25) is 12.1 Å². The summed E-state index contributed by atoms with van der Waals surface area (Å²) in [6.45, 7) is 6.82. The first-order valence-electron chi connectivity index (χ1n) is 12.6. The molecule has 2 N–H and O–H groups in total. The van der Waals surface area contributed by atoms with Gasteiger partial charge in [-0.2, -0.15) is 0 Å². The molecule has 1 aromatic carbocycles. The second-order valence-corrected chi connectivity index (χ2v) is 9.49. The topological polar surface area (TPSA) is 95.5 Å². The summed E-state index contributed by atoms with van der Waals surface area (Å²) in [5.41, 5.74) is 0.602. The van der Waals surface area contributed by atoms with Crippen LogP contribution in [0.3, 0.4) is 0 Å². The second-order valence-electron chi connectivity index (χ2n) is 9.49. The monoisotopic (exact) mass is 545 g/mol. The Morgan fingerprint density at radius 3 is 2.62 bits per heavy atom. The molecule has 0 saturated carbocycles. The fourth-order valence-corrected chi connectivity index (χ4v) is 4.63. The van der Waals surface area contributed by atoms with Crippen molar-refractivity contribution in [1.82, 2.24) is 20.3 Å². The number of carbonyl (C=O) groups excluding carboxylic acids is 1. The highest BCUT2D eigenvalue weighted by Gasteiger charge is 2.42. The summed E-state index contributed by atoms with van der Waals surface area (Å²) < 4.78 is 61.8.